The normalized spacial score (nSPS) is 24.1. The summed E-state index contributed by atoms with van der Waals surface area (Å²) in [7, 11) is -1.43. The highest BCUT2D eigenvalue weighted by molar-refractivity contribution is 7.94. The predicted molar refractivity (Wildman–Crippen MR) is 58.0 cm³/mol. The number of sulfone groups is 1. The molecule has 0 aromatic heterocycles. The van der Waals surface area contributed by atoms with Crippen LogP contribution in [0.4, 0.5) is 0 Å². The van der Waals surface area contributed by atoms with Crippen molar-refractivity contribution < 1.29 is 13.2 Å². The van der Waals surface area contributed by atoms with E-state index >= 15 is 0 Å². The summed E-state index contributed by atoms with van der Waals surface area (Å²) >= 11 is 0. The molecular formula is C9H16N2O3S. The van der Waals surface area contributed by atoms with E-state index in [-0.39, 0.29) is 11.7 Å². The highest BCUT2D eigenvalue weighted by atomic mass is 32.2. The molecule has 1 amide bonds. The zero-order valence-corrected chi connectivity index (χ0v) is 9.89. The van der Waals surface area contributed by atoms with Gasteiger partial charge in [-0.1, -0.05) is 0 Å². The molecule has 0 fully saturated rings. The minimum atomic E-state index is -3.11. The molecule has 0 spiro atoms. The van der Waals surface area contributed by atoms with Gasteiger partial charge < -0.3 is 10.6 Å². The molecule has 15 heavy (non-hydrogen) atoms. The first-order chi connectivity index (χ1) is 6.77. The Morgan fingerprint density at radius 1 is 1.47 bits per heavy atom. The third-order valence-electron chi connectivity index (χ3n) is 2.44. The third-order valence-corrected chi connectivity index (χ3v) is 3.83. The van der Waals surface area contributed by atoms with E-state index in [1.165, 1.54) is 6.08 Å². The van der Waals surface area contributed by atoms with Gasteiger partial charge in [0.2, 0.25) is 5.91 Å². The molecule has 1 rings (SSSR count). The van der Waals surface area contributed by atoms with Gasteiger partial charge in [0.05, 0.1) is 17.3 Å². The van der Waals surface area contributed by atoms with Crippen molar-refractivity contribution >= 4 is 15.7 Å². The van der Waals surface area contributed by atoms with E-state index in [1.54, 1.807) is 20.9 Å². The van der Waals surface area contributed by atoms with E-state index < -0.39 is 21.4 Å². The molecule has 1 aliphatic rings. The Kier molecular flexibility index (Phi) is 3.20. The Morgan fingerprint density at radius 2 is 2.07 bits per heavy atom. The maximum Gasteiger partial charge on any atom is 0.240 e. The average Bonchev–Trinajstić information content (AvgIpc) is 2.45. The fourth-order valence-electron chi connectivity index (χ4n) is 1.13. The van der Waals surface area contributed by atoms with Gasteiger partial charge in [-0.15, -0.1) is 0 Å². The summed E-state index contributed by atoms with van der Waals surface area (Å²) in [5.74, 6) is -0.254. The molecule has 0 radical (unpaired) electrons. The number of carbonyl (C=O) groups is 1. The third kappa shape index (κ3) is 3.04. The fraction of sp³-hybridized carbons (Fsp3) is 0.667. The maximum atomic E-state index is 11.7. The molecular weight excluding hydrogens is 216 g/mol. The van der Waals surface area contributed by atoms with Crippen molar-refractivity contribution in [1.82, 2.24) is 10.6 Å². The van der Waals surface area contributed by atoms with Crippen LogP contribution in [-0.4, -0.2) is 38.7 Å². The Bertz CT molecular complexity index is 384. The smallest absolute Gasteiger partial charge is 0.240 e. The molecule has 2 N–H and O–H groups in total. The van der Waals surface area contributed by atoms with Crippen LogP contribution in [0, 0.1) is 0 Å². The lowest BCUT2D eigenvalue weighted by molar-refractivity contribution is -0.126. The van der Waals surface area contributed by atoms with Crippen molar-refractivity contribution in [2.45, 2.75) is 25.4 Å². The van der Waals surface area contributed by atoms with Crippen molar-refractivity contribution in [3.8, 4) is 0 Å². The van der Waals surface area contributed by atoms with Crippen LogP contribution in [0.15, 0.2) is 11.5 Å². The molecule has 1 heterocycles. The van der Waals surface area contributed by atoms with Gasteiger partial charge in [0.25, 0.3) is 0 Å². The molecule has 1 atom stereocenters. The van der Waals surface area contributed by atoms with E-state index in [1.807, 2.05) is 0 Å². The van der Waals surface area contributed by atoms with Gasteiger partial charge in [-0.25, -0.2) is 8.42 Å². The zero-order chi connectivity index (χ0) is 11.7. The molecule has 0 bridgehead atoms. The average molecular weight is 232 g/mol. The lowest BCUT2D eigenvalue weighted by atomic mass is 10.0. The molecule has 1 unspecified atom stereocenters. The number of rotatable bonds is 3. The number of nitrogens with one attached hydrogen (secondary N) is 2. The summed E-state index contributed by atoms with van der Waals surface area (Å²) in [5.41, 5.74) is -0.694. The van der Waals surface area contributed by atoms with Crippen LogP contribution < -0.4 is 10.6 Å². The molecule has 5 nitrogen and oxygen atoms in total. The molecule has 0 aromatic carbocycles. The molecule has 6 heteroatoms. The fourth-order valence-corrected chi connectivity index (χ4v) is 2.36. The Hall–Kier alpha value is -0.880. The van der Waals surface area contributed by atoms with Crippen LogP contribution in [0.25, 0.3) is 0 Å². The SMILES string of the molecule is CNC(C)(C)C(=O)NC1C=CS(=O)(=O)C1. The largest absolute Gasteiger partial charge is 0.347 e. The second-order valence-corrected chi connectivity index (χ2v) is 6.04. The van der Waals surface area contributed by atoms with Crippen LogP contribution in [0.3, 0.4) is 0 Å². The summed E-state index contributed by atoms with van der Waals surface area (Å²) in [6.07, 6.45) is 1.50. The predicted octanol–water partition coefficient (Wildman–Crippen LogP) is -0.589. The number of amides is 1. The van der Waals surface area contributed by atoms with Crippen molar-refractivity contribution in [2.24, 2.45) is 0 Å². The number of likely N-dealkylation sites (N-methyl/N-ethyl adjacent to an activating group) is 1. The van der Waals surface area contributed by atoms with E-state index in [0.717, 1.165) is 5.41 Å². The van der Waals surface area contributed by atoms with Crippen LogP contribution in [0.5, 0.6) is 0 Å². The van der Waals surface area contributed by atoms with Crippen molar-refractivity contribution in [1.29, 1.82) is 0 Å². The van der Waals surface area contributed by atoms with E-state index in [0.29, 0.717) is 0 Å². The van der Waals surface area contributed by atoms with E-state index in [2.05, 4.69) is 10.6 Å². The highest BCUT2D eigenvalue weighted by Crippen LogP contribution is 2.09. The first-order valence-corrected chi connectivity index (χ1v) is 6.39. The van der Waals surface area contributed by atoms with Crippen molar-refractivity contribution in [3.05, 3.63) is 11.5 Å². The van der Waals surface area contributed by atoms with Gasteiger partial charge in [-0.05, 0) is 27.0 Å². The van der Waals surface area contributed by atoms with Gasteiger partial charge in [0.1, 0.15) is 0 Å². The van der Waals surface area contributed by atoms with Crippen LogP contribution >= 0.6 is 0 Å². The lowest BCUT2D eigenvalue weighted by Crippen LogP contribution is -2.53. The lowest BCUT2D eigenvalue weighted by Gasteiger charge is -2.24. The summed E-state index contributed by atoms with van der Waals surface area (Å²) < 4.78 is 22.2. The molecule has 1 aliphatic heterocycles. The maximum absolute atomic E-state index is 11.7. The van der Waals surface area contributed by atoms with Gasteiger partial charge >= 0.3 is 0 Å². The number of hydrogen-bond donors (Lipinski definition) is 2. The van der Waals surface area contributed by atoms with Crippen LogP contribution in [-0.2, 0) is 14.6 Å². The summed E-state index contributed by atoms with van der Waals surface area (Å²) in [5, 5.41) is 6.65. The summed E-state index contributed by atoms with van der Waals surface area (Å²) in [6.45, 7) is 3.46. The van der Waals surface area contributed by atoms with Crippen LogP contribution in [0.1, 0.15) is 13.8 Å². The van der Waals surface area contributed by atoms with Gasteiger partial charge in [-0.3, -0.25) is 4.79 Å². The minimum absolute atomic E-state index is 0.0431. The topological polar surface area (TPSA) is 75.3 Å². The van der Waals surface area contributed by atoms with Crippen LogP contribution in [0.2, 0.25) is 0 Å². The highest BCUT2D eigenvalue weighted by Gasteiger charge is 2.29. The zero-order valence-electron chi connectivity index (χ0n) is 9.07. The van der Waals surface area contributed by atoms with Crippen molar-refractivity contribution in [3.63, 3.8) is 0 Å². The first kappa shape index (κ1) is 12.2. The van der Waals surface area contributed by atoms with Gasteiger partial charge in [0, 0.05) is 5.41 Å². The second kappa shape index (κ2) is 3.94. The summed E-state index contributed by atoms with van der Waals surface area (Å²) in [6, 6.07) is -0.407. The second-order valence-electron chi connectivity index (χ2n) is 4.11. The van der Waals surface area contributed by atoms with E-state index in [4.69, 9.17) is 0 Å². The standard InChI is InChI=1S/C9H16N2O3S/c1-9(2,10-3)8(12)11-7-4-5-15(13,14)6-7/h4-5,7,10H,6H2,1-3H3,(H,11,12). The number of carbonyl (C=O) groups excluding carboxylic acids is 1. The number of hydrogen-bond acceptors (Lipinski definition) is 4. The Balaban J connectivity index is 2.59. The monoisotopic (exact) mass is 232 g/mol. The van der Waals surface area contributed by atoms with E-state index in [9.17, 15) is 13.2 Å². The summed E-state index contributed by atoms with van der Waals surface area (Å²) in [4.78, 5) is 11.7. The molecule has 0 saturated heterocycles. The molecule has 0 aromatic rings. The molecule has 0 aliphatic carbocycles. The Labute approximate surface area is 89.8 Å². The van der Waals surface area contributed by atoms with Gasteiger partial charge in [-0.2, -0.15) is 0 Å². The van der Waals surface area contributed by atoms with Crippen molar-refractivity contribution in [2.75, 3.05) is 12.8 Å². The van der Waals surface area contributed by atoms with Gasteiger partial charge in [0.15, 0.2) is 9.84 Å². The first-order valence-electron chi connectivity index (χ1n) is 4.68. The Morgan fingerprint density at radius 3 is 2.47 bits per heavy atom. The quantitative estimate of drug-likeness (QED) is 0.682. The molecule has 0 saturated carbocycles. The molecule has 86 valence electrons. The minimum Gasteiger partial charge on any atom is -0.347 e.